The third kappa shape index (κ3) is 2.06. The van der Waals surface area contributed by atoms with Gasteiger partial charge >= 0.3 is 0 Å². The topological polar surface area (TPSA) is 45.6 Å². The SMILES string of the molecule is [C-]#[N+]c1cc(Cl)c(N)cc1N1CCNCC1. The molecule has 0 radical (unpaired) electrons. The van der Waals surface area contributed by atoms with E-state index in [9.17, 15) is 0 Å². The molecule has 1 fully saturated rings. The second kappa shape index (κ2) is 4.60. The minimum atomic E-state index is 0.449. The monoisotopic (exact) mass is 236 g/mol. The summed E-state index contributed by atoms with van der Waals surface area (Å²) >= 11 is 5.90. The minimum Gasteiger partial charge on any atom is -0.398 e. The van der Waals surface area contributed by atoms with Crippen LogP contribution in [0.4, 0.5) is 17.1 Å². The number of nitrogens with zero attached hydrogens (tertiary/aromatic N) is 2. The molecule has 1 aromatic rings. The Hall–Kier alpha value is -1.44. The summed E-state index contributed by atoms with van der Waals surface area (Å²) in [5.74, 6) is 0. The van der Waals surface area contributed by atoms with Gasteiger partial charge in [0.1, 0.15) is 0 Å². The highest BCUT2D eigenvalue weighted by molar-refractivity contribution is 6.33. The van der Waals surface area contributed by atoms with Gasteiger partial charge in [-0.15, -0.1) is 0 Å². The predicted molar refractivity (Wildman–Crippen MR) is 67.2 cm³/mol. The van der Waals surface area contributed by atoms with E-state index < -0.39 is 0 Å². The van der Waals surface area contributed by atoms with Crippen LogP contribution in [0, 0.1) is 6.57 Å². The lowest BCUT2D eigenvalue weighted by atomic mass is 10.2. The first-order chi connectivity index (χ1) is 7.72. The Kier molecular flexibility index (Phi) is 3.18. The number of nitrogens with one attached hydrogen (secondary N) is 1. The van der Waals surface area contributed by atoms with E-state index >= 15 is 0 Å². The summed E-state index contributed by atoms with van der Waals surface area (Å²) in [7, 11) is 0. The molecule has 0 atom stereocenters. The molecule has 2 rings (SSSR count). The number of hydrogen-bond acceptors (Lipinski definition) is 3. The Morgan fingerprint density at radius 2 is 2.06 bits per heavy atom. The molecular formula is C11H13ClN4. The van der Waals surface area contributed by atoms with Gasteiger partial charge in [-0.2, -0.15) is 0 Å². The summed E-state index contributed by atoms with van der Waals surface area (Å²) < 4.78 is 0. The molecule has 4 nitrogen and oxygen atoms in total. The summed E-state index contributed by atoms with van der Waals surface area (Å²) in [5, 5.41) is 3.72. The Morgan fingerprint density at radius 3 is 2.69 bits per heavy atom. The van der Waals surface area contributed by atoms with Gasteiger partial charge in [0.05, 0.1) is 11.6 Å². The number of piperazine rings is 1. The number of halogens is 1. The Balaban J connectivity index is 2.38. The molecule has 1 aromatic carbocycles. The van der Waals surface area contributed by atoms with E-state index in [0.29, 0.717) is 16.4 Å². The highest BCUT2D eigenvalue weighted by Gasteiger charge is 2.15. The zero-order valence-electron chi connectivity index (χ0n) is 8.83. The van der Waals surface area contributed by atoms with Gasteiger partial charge in [0.15, 0.2) is 0 Å². The molecule has 84 valence electrons. The van der Waals surface area contributed by atoms with Crippen LogP contribution in [0.5, 0.6) is 0 Å². The first-order valence-corrected chi connectivity index (χ1v) is 5.52. The van der Waals surface area contributed by atoms with Crippen LogP contribution in [-0.4, -0.2) is 26.2 Å². The number of nitrogens with two attached hydrogens (primary N) is 1. The van der Waals surface area contributed by atoms with Crippen molar-refractivity contribution in [3.8, 4) is 0 Å². The molecule has 5 heteroatoms. The van der Waals surface area contributed by atoms with Crippen molar-refractivity contribution in [2.75, 3.05) is 36.8 Å². The van der Waals surface area contributed by atoms with E-state index in [-0.39, 0.29) is 0 Å². The second-order valence-corrected chi connectivity index (χ2v) is 4.12. The van der Waals surface area contributed by atoms with Crippen LogP contribution >= 0.6 is 11.6 Å². The van der Waals surface area contributed by atoms with Crippen LogP contribution in [0.25, 0.3) is 4.85 Å². The van der Waals surface area contributed by atoms with Crippen LogP contribution in [0.1, 0.15) is 0 Å². The van der Waals surface area contributed by atoms with Gasteiger partial charge in [-0.05, 0) is 12.1 Å². The fraction of sp³-hybridized carbons (Fsp3) is 0.364. The molecule has 1 aliphatic heterocycles. The Labute approximate surface area is 99.8 Å². The molecule has 1 heterocycles. The van der Waals surface area contributed by atoms with Crippen molar-refractivity contribution in [1.82, 2.24) is 5.32 Å². The van der Waals surface area contributed by atoms with Crippen LogP contribution in [0.3, 0.4) is 0 Å². The highest BCUT2D eigenvalue weighted by atomic mass is 35.5. The summed E-state index contributed by atoms with van der Waals surface area (Å²) in [6, 6.07) is 3.43. The lowest BCUT2D eigenvalue weighted by molar-refractivity contribution is 0.590. The van der Waals surface area contributed by atoms with Crippen molar-refractivity contribution in [2.24, 2.45) is 0 Å². The van der Waals surface area contributed by atoms with E-state index in [0.717, 1.165) is 31.9 Å². The number of nitrogen functional groups attached to an aromatic ring is 1. The van der Waals surface area contributed by atoms with Gasteiger partial charge in [-0.3, -0.25) is 0 Å². The van der Waals surface area contributed by atoms with Gasteiger partial charge in [0, 0.05) is 37.6 Å². The van der Waals surface area contributed by atoms with E-state index in [1.807, 2.05) is 0 Å². The molecule has 0 aliphatic carbocycles. The number of anilines is 2. The molecule has 1 saturated heterocycles. The molecular weight excluding hydrogens is 224 g/mol. The number of benzene rings is 1. The van der Waals surface area contributed by atoms with E-state index in [1.54, 1.807) is 12.1 Å². The fourth-order valence-corrected chi connectivity index (χ4v) is 1.97. The lowest BCUT2D eigenvalue weighted by Gasteiger charge is -2.30. The fourth-order valence-electron chi connectivity index (χ4n) is 1.82. The highest BCUT2D eigenvalue weighted by Crippen LogP contribution is 2.35. The quantitative estimate of drug-likeness (QED) is 0.578. The summed E-state index contributed by atoms with van der Waals surface area (Å²) in [6.07, 6.45) is 0. The van der Waals surface area contributed by atoms with E-state index in [4.69, 9.17) is 23.9 Å². The first-order valence-electron chi connectivity index (χ1n) is 5.14. The maximum Gasteiger partial charge on any atom is 0.211 e. The molecule has 3 N–H and O–H groups in total. The standard InChI is InChI=1S/C11H13ClN4/c1-14-10-6-8(12)9(13)7-11(10)16-4-2-15-3-5-16/h6-7,15H,2-5,13H2. The summed E-state index contributed by atoms with van der Waals surface area (Å²) in [5.41, 5.74) is 7.76. The molecule has 1 aliphatic rings. The molecule has 16 heavy (non-hydrogen) atoms. The Morgan fingerprint density at radius 1 is 1.38 bits per heavy atom. The smallest absolute Gasteiger partial charge is 0.211 e. The number of rotatable bonds is 1. The zero-order chi connectivity index (χ0) is 11.5. The van der Waals surface area contributed by atoms with Crippen LogP contribution < -0.4 is 16.0 Å². The zero-order valence-corrected chi connectivity index (χ0v) is 9.59. The summed E-state index contributed by atoms with van der Waals surface area (Å²) in [6.45, 7) is 10.8. The van der Waals surface area contributed by atoms with Crippen molar-refractivity contribution in [2.45, 2.75) is 0 Å². The van der Waals surface area contributed by atoms with E-state index in [1.165, 1.54) is 0 Å². The molecule has 0 aromatic heterocycles. The summed E-state index contributed by atoms with van der Waals surface area (Å²) in [4.78, 5) is 5.66. The largest absolute Gasteiger partial charge is 0.398 e. The van der Waals surface area contributed by atoms with Gasteiger partial charge in [-0.1, -0.05) is 11.6 Å². The van der Waals surface area contributed by atoms with Crippen molar-refractivity contribution in [1.29, 1.82) is 0 Å². The maximum atomic E-state index is 7.15. The van der Waals surface area contributed by atoms with Crippen LogP contribution in [0.2, 0.25) is 5.02 Å². The molecule has 0 bridgehead atoms. The third-order valence-corrected chi connectivity index (χ3v) is 3.00. The predicted octanol–water partition coefficient (Wildman–Crippen LogP) is 1.88. The van der Waals surface area contributed by atoms with Crippen molar-refractivity contribution >= 4 is 28.7 Å². The van der Waals surface area contributed by atoms with Crippen molar-refractivity contribution in [3.05, 3.63) is 28.6 Å². The van der Waals surface area contributed by atoms with Gasteiger partial charge in [-0.25, -0.2) is 4.85 Å². The lowest BCUT2D eigenvalue weighted by Crippen LogP contribution is -2.43. The average molecular weight is 237 g/mol. The van der Waals surface area contributed by atoms with Gasteiger partial charge in [0.2, 0.25) is 5.69 Å². The minimum absolute atomic E-state index is 0.449. The van der Waals surface area contributed by atoms with Gasteiger partial charge < -0.3 is 16.0 Å². The van der Waals surface area contributed by atoms with Crippen LogP contribution in [-0.2, 0) is 0 Å². The normalized spacial score (nSPS) is 15.9. The second-order valence-electron chi connectivity index (χ2n) is 3.71. The van der Waals surface area contributed by atoms with E-state index in [2.05, 4.69) is 15.1 Å². The van der Waals surface area contributed by atoms with Crippen molar-refractivity contribution < 1.29 is 0 Å². The first kappa shape index (κ1) is 11.1. The molecule has 0 amide bonds. The molecule has 0 unspecified atom stereocenters. The van der Waals surface area contributed by atoms with Gasteiger partial charge in [0.25, 0.3) is 0 Å². The van der Waals surface area contributed by atoms with Crippen LogP contribution in [0.15, 0.2) is 12.1 Å². The Bertz CT molecular complexity index is 432. The maximum absolute atomic E-state index is 7.15. The molecule has 0 saturated carbocycles. The average Bonchev–Trinajstić information content (AvgIpc) is 2.33. The molecule has 0 spiro atoms. The van der Waals surface area contributed by atoms with Crippen molar-refractivity contribution in [3.63, 3.8) is 0 Å². The number of hydrogen-bond donors (Lipinski definition) is 2. The third-order valence-electron chi connectivity index (χ3n) is 2.67.